The van der Waals surface area contributed by atoms with Crippen molar-refractivity contribution in [1.82, 2.24) is 10.7 Å². The first-order valence-corrected chi connectivity index (χ1v) is 11.0. The molecule has 1 aliphatic rings. The number of halogens is 2. The lowest BCUT2D eigenvalue weighted by atomic mass is 9.96. The van der Waals surface area contributed by atoms with Crippen LogP contribution in [0.4, 0.5) is 0 Å². The van der Waals surface area contributed by atoms with Crippen molar-refractivity contribution in [3.63, 3.8) is 0 Å². The van der Waals surface area contributed by atoms with Crippen molar-refractivity contribution < 1.29 is 9.53 Å². The van der Waals surface area contributed by atoms with Crippen molar-refractivity contribution in [2.45, 2.75) is 38.1 Å². The maximum absolute atomic E-state index is 12.4. The first-order chi connectivity index (χ1) is 14.0. The summed E-state index contributed by atoms with van der Waals surface area (Å²) in [4.78, 5) is 12.4. The van der Waals surface area contributed by atoms with Gasteiger partial charge in [-0.05, 0) is 67.5 Å². The number of benzene rings is 2. The molecular formula is C21H21BrClN3O2S. The van der Waals surface area contributed by atoms with Gasteiger partial charge in [0.1, 0.15) is 5.75 Å². The number of esters is 1. The third-order valence-corrected chi connectivity index (χ3v) is 5.52. The number of nitrogens with zero attached hydrogens (tertiary/aromatic N) is 1. The summed E-state index contributed by atoms with van der Waals surface area (Å²) in [6, 6.07) is 12.2. The molecule has 0 amide bonds. The molecule has 0 aliphatic heterocycles. The summed E-state index contributed by atoms with van der Waals surface area (Å²) in [5.41, 5.74) is 3.88. The molecule has 0 radical (unpaired) electrons. The van der Waals surface area contributed by atoms with E-state index in [-0.39, 0.29) is 0 Å². The third kappa shape index (κ3) is 6.80. The second-order valence-corrected chi connectivity index (χ2v) is 8.52. The molecule has 29 heavy (non-hydrogen) atoms. The molecule has 0 spiro atoms. The Labute approximate surface area is 189 Å². The van der Waals surface area contributed by atoms with Gasteiger partial charge in [0.05, 0.1) is 11.8 Å². The Morgan fingerprint density at radius 1 is 1.17 bits per heavy atom. The average molecular weight is 495 g/mol. The van der Waals surface area contributed by atoms with Crippen LogP contribution in [0, 0.1) is 0 Å². The molecule has 2 N–H and O–H groups in total. The number of carbonyl (C=O) groups is 1. The van der Waals surface area contributed by atoms with Crippen LogP contribution in [0.3, 0.4) is 0 Å². The van der Waals surface area contributed by atoms with Crippen molar-refractivity contribution in [2.24, 2.45) is 5.10 Å². The molecule has 2 aromatic rings. The van der Waals surface area contributed by atoms with Crippen LogP contribution in [0.15, 0.2) is 52.0 Å². The number of rotatable bonds is 5. The summed E-state index contributed by atoms with van der Waals surface area (Å²) in [7, 11) is 0. The molecule has 2 aromatic carbocycles. The van der Waals surface area contributed by atoms with Crippen molar-refractivity contribution in [2.75, 3.05) is 0 Å². The molecule has 8 heteroatoms. The van der Waals surface area contributed by atoms with Crippen LogP contribution in [0.1, 0.15) is 48.0 Å². The smallest absolute Gasteiger partial charge is 0.343 e. The van der Waals surface area contributed by atoms with E-state index < -0.39 is 5.97 Å². The van der Waals surface area contributed by atoms with Gasteiger partial charge in [-0.3, -0.25) is 5.43 Å². The van der Waals surface area contributed by atoms with Gasteiger partial charge in [-0.15, -0.1) is 0 Å². The van der Waals surface area contributed by atoms with Crippen LogP contribution in [0.25, 0.3) is 0 Å². The summed E-state index contributed by atoms with van der Waals surface area (Å²) in [5.74, 6) is -0.0778. The van der Waals surface area contributed by atoms with Gasteiger partial charge in [0.15, 0.2) is 5.11 Å². The van der Waals surface area contributed by atoms with Gasteiger partial charge in [0, 0.05) is 21.1 Å². The quantitative estimate of drug-likeness (QED) is 0.190. The summed E-state index contributed by atoms with van der Waals surface area (Å²) in [6.45, 7) is 0. The maximum Gasteiger partial charge on any atom is 0.343 e. The van der Waals surface area contributed by atoms with Crippen LogP contribution in [-0.2, 0) is 0 Å². The predicted molar refractivity (Wildman–Crippen MR) is 124 cm³/mol. The fourth-order valence-corrected chi connectivity index (χ4v) is 3.81. The van der Waals surface area contributed by atoms with E-state index in [0.29, 0.717) is 33.1 Å². The number of carbonyl (C=O) groups excluding carboxylic acids is 1. The van der Waals surface area contributed by atoms with Gasteiger partial charge in [-0.25, -0.2) is 4.79 Å². The number of hydrogen-bond acceptors (Lipinski definition) is 4. The van der Waals surface area contributed by atoms with E-state index in [1.807, 2.05) is 6.07 Å². The Bertz CT molecular complexity index is 899. The van der Waals surface area contributed by atoms with Gasteiger partial charge in [-0.2, -0.15) is 5.10 Å². The van der Waals surface area contributed by atoms with E-state index in [9.17, 15) is 4.79 Å². The lowest BCUT2D eigenvalue weighted by molar-refractivity contribution is 0.0734. The van der Waals surface area contributed by atoms with E-state index in [0.717, 1.165) is 17.3 Å². The predicted octanol–water partition coefficient (Wildman–Crippen LogP) is 5.45. The largest absolute Gasteiger partial charge is 0.422 e. The van der Waals surface area contributed by atoms with Crippen LogP contribution < -0.4 is 15.5 Å². The molecule has 152 valence electrons. The highest BCUT2D eigenvalue weighted by atomic mass is 79.9. The average Bonchev–Trinajstić information content (AvgIpc) is 2.71. The van der Waals surface area contributed by atoms with Crippen molar-refractivity contribution in [3.05, 3.63) is 63.1 Å². The molecule has 0 heterocycles. The summed E-state index contributed by atoms with van der Waals surface area (Å²) in [5, 5.41) is 8.53. The Kier molecular flexibility index (Phi) is 8.03. The van der Waals surface area contributed by atoms with Crippen molar-refractivity contribution >= 4 is 57.0 Å². The van der Waals surface area contributed by atoms with Gasteiger partial charge in [0.25, 0.3) is 0 Å². The fraction of sp³-hybridized carbons (Fsp3) is 0.286. The first-order valence-electron chi connectivity index (χ1n) is 9.38. The second kappa shape index (κ2) is 10.7. The zero-order chi connectivity index (χ0) is 20.6. The molecule has 5 nitrogen and oxygen atoms in total. The normalized spacial score (nSPS) is 14.6. The Morgan fingerprint density at radius 3 is 2.62 bits per heavy atom. The van der Waals surface area contributed by atoms with E-state index in [1.54, 1.807) is 42.6 Å². The lowest BCUT2D eigenvalue weighted by Gasteiger charge is -2.23. The molecule has 3 rings (SSSR count). The standard InChI is InChI=1S/C21H21BrClN3O2S/c22-16-8-11-19(28-20(27)14-6-9-17(23)10-7-14)15(12-16)13-24-26-21(29)25-18-4-2-1-3-5-18/h6-13,18H,1-5H2,(H2,25,26,29)/b24-13-. The van der Waals surface area contributed by atoms with Crippen molar-refractivity contribution in [1.29, 1.82) is 0 Å². The van der Waals surface area contributed by atoms with Gasteiger partial charge < -0.3 is 10.1 Å². The van der Waals surface area contributed by atoms with Gasteiger partial charge >= 0.3 is 5.97 Å². The van der Waals surface area contributed by atoms with Gasteiger partial charge in [0.2, 0.25) is 0 Å². The zero-order valence-corrected chi connectivity index (χ0v) is 18.8. The number of hydrogen-bond donors (Lipinski definition) is 2. The summed E-state index contributed by atoms with van der Waals surface area (Å²) >= 11 is 14.6. The molecule has 0 aromatic heterocycles. The van der Waals surface area contributed by atoms with Crippen LogP contribution in [0.2, 0.25) is 5.02 Å². The van der Waals surface area contributed by atoms with E-state index >= 15 is 0 Å². The minimum absolute atomic E-state index is 0.393. The van der Waals surface area contributed by atoms with Crippen molar-refractivity contribution in [3.8, 4) is 5.75 Å². The maximum atomic E-state index is 12.4. The Morgan fingerprint density at radius 2 is 1.90 bits per heavy atom. The molecule has 0 saturated heterocycles. The molecule has 0 unspecified atom stereocenters. The first kappa shape index (κ1) is 21.7. The summed E-state index contributed by atoms with van der Waals surface area (Å²) < 4.78 is 6.38. The number of hydrazone groups is 1. The van der Waals surface area contributed by atoms with E-state index in [1.165, 1.54) is 19.3 Å². The molecular weight excluding hydrogens is 474 g/mol. The number of thiocarbonyl (C=S) groups is 1. The third-order valence-electron chi connectivity index (χ3n) is 4.56. The lowest BCUT2D eigenvalue weighted by Crippen LogP contribution is -2.40. The minimum Gasteiger partial charge on any atom is -0.422 e. The SMILES string of the molecule is O=C(Oc1ccc(Br)cc1/C=N\NC(=S)NC1CCCCC1)c1ccc(Cl)cc1. The molecule has 1 fully saturated rings. The Balaban J connectivity index is 1.63. The highest BCUT2D eigenvalue weighted by Crippen LogP contribution is 2.23. The fourth-order valence-electron chi connectivity index (χ4n) is 3.08. The molecule has 0 atom stereocenters. The van der Waals surface area contributed by atoms with E-state index in [4.69, 9.17) is 28.6 Å². The van der Waals surface area contributed by atoms with Crippen LogP contribution in [0.5, 0.6) is 5.75 Å². The monoisotopic (exact) mass is 493 g/mol. The highest BCUT2D eigenvalue weighted by molar-refractivity contribution is 9.10. The zero-order valence-electron chi connectivity index (χ0n) is 15.7. The number of nitrogens with one attached hydrogen (secondary N) is 2. The van der Waals surface area contributed by atoms with E-state index in [2.05, 4.69) is 31.8 Å². The van der Waals surface area contributed by atoms with Crippen LogP contribution in [-0.4, -0.2) is 23.3 Å². The molecule has 0 bridgehead atoms. The molecule has 1 saturated carbocycles. The molecule has 1 aliphatic carbocycles. The highest BCUT2D eigenvalue weighted by Gasteiger charge is 2.14. The summed E-state index contributed by atoms with van der Waals surface area (Å²) in [6.07, 6.45) is 7.57. The van der Waals surface area contributed by atoms with Gasteiger partial charge in [-0.1, -0.05) is 46.8 Å². The topological polar surface area (TPSA) is 62.7 Å². The minimum atomic E-state index is -0.471. The Hall–Kier alpha value is -1.96. The number of ether oxygens (including phenoxy) is 1. The van der Waals surface area contributed by atoms with Crippen LogP contribution >= 0.6 is 39.7 Å². The second-order valence-electron chi connectivity index (χ2n) is 6.76.